The van der Waals surface area contributed by atoms with Crippen molar-refractivity contribution >= 4 is 5.91 Å². The Morgan fingerprint density at radius 1 is 1.10 bits per heavy atom. The number of hydrogen-bond donors (Lipinski definition) is 1. The summed E-state index contributed by atoms with van der Waals surface area (Å²) in [5.41, 5.74) is 0. The lowest BCUT2D eigenvalue weighted by Crippen LogP contribution is -2.38. The summed E-state index contributed by atoms with van der Waals surface area (Å²) in [5.74, 6) is 0.107. The standard InChI is InChI=1S/C16H22FNO2/c17-13-8-10-15(11-9-13)20-12-16(19)18-14-6-4-2-1-3-5-7-14/h8-11,14H,1-7,12H2,(H,18,19). The fourth-order valence-corrected chi connectivity index (χ4v) is 2.55. The van der Waals surface area contributed by atoms with Gasteiger partial charge >= 0.3 is 0 Å². The molecule has 0 bridgehead atoms. The van der Waals surface area contributed by atoms with E-state index in [1.807, 2.05) is 0 Å². The number of halogens is 1. The van der Waals surface area contributed by atoms with E-state index < -0.39 is 0 Å². The predicted molar refractivity (Wildman–Crippen MR) is 76.1 cm³/mol. The maximum atomic E-state index is 12.7. The molecule has 2 rings (SSSR count). The van der Waals surface area contributed by atoms with Crippen molar-refractivity contribution in [3.8, 4) is 5.75 Å². The van der Waals surface area contributed by atoms with Crippen LogP contribution in [0.4, 0.5) is 4.39 Å². The van der Waals surface area contributed by atoms with Crippen LogP contribution in [0.5, 0.6) is 5.75 Å². The van der Waals surface area contributed by atoms with Crippen LogP contribution in [-0.2, 0) is 4.79 Å². The highest BCUT2D eigenvalue weighted by molar-refractivity contribution is 5.77. The number of amides is 1. The molecular weight excluding hydrogens is 257 g/mol. The van der Waals surface area contributed by atoms with Crippen molar-refractivity contribution in [1.82, 2.24) is 5.32 Å². The maximum absolute atomic E-state index is 12.7. The third-order valence-corrected chi connectivity index (χ3v) is 3.65. The second-order valence-corrected chi connectivity index (χ2v) is 5.35. The van der Waals surface area contributed by atoms with Gasteiger partial charge in [0.1, 0.15) is 11.6 Å². The molecule has 1 aliphatic rings. The molecule has 0 spiro atoms. The maximum Gasteiger partial charge on any atom is 0.258 e. The summed E-state index contributed by atoms with van der Waals surface area (Å²) >= 11 is 0. The van der Waals surface area contributed by atoms with E-state index in [4.69, 9.17) is 4.74 Å². The van der Waals surface area contributed by atoms with Crippen LogP contribution in [0.3, 0.4) is 0 Å². The monoisotopic (exact) mass is 279 g/mol. The van der Waals surface area contributed by atoms with Crippen molar-refractivity contribution in [2.24, 2.45) is 0 Å². The zero-order chi connectivity index (χ0) is 14.2. The normalized spacial score (nSPS) is 17.1. The van der Waals surface area contributed by atoms with Crippen molar-refractivity contribution in [1.29, 1.82) is 0 Å². The lowest BCUT2D eigenvalue weighted by Gasteiger charge is -2.21. The number of hydrogen-bond acceptors (Lipinski definition) is 2. The van der Waals surface area contributed by atoms with Crippen LogP contribution in [-0.4, -0.2) is 18.6 Å². The molecule has 1 aromatic rings. The highest BCUT2D eigenvalue weighted by Gasteiger charge is 2.14. The van der Waals surface area contributed by atoms with Crippen LogP contribution in [0.25, 0.3) is 0 Å². The van der Waals surface area contributed by atoms with E-state index in [-0.39, 0.29) is 24.4 Å². The van der Waals surface area contributed by atoms with Gasteiger partial charge in [-0.15, -0.1) is 0 Å². The minimum absolute atomic E-state index is 0.0118. The highest BCUT2D eigenvalue weighted by atomic mass is 19.1. The second kappa shape index (κ2) is 7.88. The lowest BCUT2D eigenvalue weighted by atomic mass is 9.97. The summed E-state index contributed by atoms with van der Waals surface area (Å²) in [4.78, 5) is 11.8. The fourth-order valence-electron chi connectivity index (χ4n) is 2.55. The highest BCUT2D eigenvalue weighted by Crippen LogP contribution is 2.17. The number of ether oxygens (including phenoxy) is 1. The Bertz CT molecular complexity index is 411. The minimum atomic E-state index is -0.309. The smallest absolute Gasteiger partial charge is 0.258 e. The van der Waals surface area contributed by atoms with Gasteiger partial charge < -0.3 is 10.1 Å². The molecule has 0 atom stereocenters. The molecule has 1 aromatic carbocycles. The molecule has 0 aromatic heterocycles. The van der Waals surface area contributed by atoms with Crippen LogP contribution in [0.1, 0.15) is 44.9 Å². The molecule has 110 valence electrons. The molecule has 0 saturated heterocycles. The first-order valence-corrected chi connectivity index (χ1v) is 7.42. The van der Waals surface area contributed by atoms with Gasteiger partial charge in [0.25, 0.3) is 5.91 Å². The van der Waals surface area contributed by atoms with Gasteiger partial charge in [-0.05, 0) is 37.1 Å². The molecule has 1 N–H and O–H groups in total. The Morgan fingerprint density at radius 3 is 2.35 bits per heavy atom. The largest absolute Gasteiger partial charge is 0.484 e. The molecular formula is C16H22FNO2. The molecule has 0 radical (unpaired) electrons. The molecule has 0 heterocycles. The zero-order valence-electron chi connectivity index (χ0n) is 11.7. The fraction of sp³-hybridized carbons (Fsp3) is 0.562. The van der Waals surface area contributed by atoms with E-state index in [0.717, 1.165) is 12.8 Å². The molecule has 0 unspecified atom stereocenters. The summed E-state index contributed by atoms with van der Waals surface area (Å²) < 4.78 is 18.1. The number of nitrogens with one attached hydrogen (secondary N) is 1. The molecule has 4 heteroatoms. The summed E-state index contributed by atoms with van der Waals surface area (Å²) in [6, 6.07) is 5.97. The average Bonchev–Trinajstić information content (AvgIpc) is 2.41. The Balaban J connectivity index is 1.72. The van der Waals surface area contributed by atoms with Gasteiger partial charge in [0.15, 0.2) is 6.61 Å². The number of carbonyl (C=O) groups excluding carboxylic acids is 1. The molecule has 0 aliphatic heterocycles. The van der Waals surface area contributed by atoms with Crippen molar-refractivity contribution < 1.29 is 13.9 Å². The summed E-state index contributed by atoms with van der Waals surface area (Å²) in [6.45, 7) is -0.0118. The molecule has 3 nitrogen and oxygen atoms in total. The van der Waals surface area contributed by atoms with Crippen molar-refractivity contribution in [3.05, 3.63) is 30.1 Å². The van der Waals surface area contributed by atoms with E-state index in [1.165, 1.54) is 56.4 Å². The van der Waals surface area contributed by atoms with Gasteiger partial charge in [0, 0.05) is 6.04 Å². The first kappa shape index (κ1) is 14.8. The zero-order valence-corrected chi connectivity index (χ0v) is 11.7. The molecule has 1 fully saturated rings. The van der Waals surface area contributed by atoms with Gasteiger partial charge in [-0.1, -0.05) is 32.1 Å². The van der Waals surface area contributed by atoms with Crippen molar-refractivity contribution in [2.75, 3.05) is 6.61 Å². The van der Waals surface area contributed by atoms with Gasteiger partial charge in [-0.25, -0.2) is 4.39 Å². The van der Waals surface area contributed by atoms with Crippen LogP contribution < -0.4 is 10.1 Å². The summed E-state index contributed by atoms with van der Waals surface area (Å²) in [6.07, 6.45) is 8.32. The van der Waals surface area contributed by atoms with Crippen LogP contribution in [0.2, 0.25) is 0 Å². The third-order valence-electron chi connectivity index (χ3n) is 3.65. The Morgan fingerprint density at radius 2 is 1.70 bits per heavy atom. The SMILES string of the molecule is O=C(COc1ccc(F)cc1)NC1CCCCCCC1. The van der Waals surface area contributed by atoms with E-state index in [9.17, 15) is 9.18 Å². The second-order valence-electron chi connectivity index (χ2n) is 5.35. The van der Waals surface area contributed by atoms with Gasteiger partial charge in [-0.2, -0.15) is 0 Å². The topological polar surface area (TPSA) is 38.3 Å². The third kappa shape index (κ3) is 5.19. The molecule has 20 heavy (non-hydrogen) atoms. The van der Waals surface area contributed by atoms with Gasteiger partial charge in [-0.3, -0.25) is 4.79 Å². The number of benzene rings is 1. The Labute approximate surface area is 119 Å². The predicted octanol–water partition coefficient (Wildman–Crippen LogP) is 3.43. The Hall–Kier alpha value is -1.58. The van der Waals surface area contributed by atoms with Crippen LogP contribution in [0.15, 0.2) is 24.3 Å². The van der Waals surface area contributed by atoms with Crippen molar-refractivity contribution in [3.63, 3.8) is 0 Å². The summed E-state index contributed by atoms with van der Waals surface area (Å²) in [7, 11) is 0. The lowest BCUT2D eigenvalue weighted by molar-refractivity contribution is -0.123. The Kier molecular flexibility index (Phi) is 5.84. The van der Waals surface area contributed by atoms with E-state index in [0.29, 0.717) is 5.75 Å². The number of carbonyl (C=O) groups is 1. The van der Waals surface area contributed by atoms with Crippen LogP contribution in [0, 0.1) is 5.82 Å². The van der Waals surface area contributed by atoms with Crippen LogP contribution >= 0.6 is 0 Å². The summed E-state index contributed by atoms with van der Waals surface area (Å²) in [5, 5.41) is 3.03. The first-order chi connectivity index (χ1) is 9.74. The van der Waals surface area contributed by atoms with E-state index in [1.54, 1.807) is 0 Å². The van der Waals surface area contributed by atoms with Gasteiger partial charge in [0.05, 0.1) is 0 Å². The average molecular weight is 279 g/mol. The van der Waals surface area contributed by atoms with Gasteiger partial charge in [0.2, 0.25) is 0 Å². The van der Waals surface area contributed by atoms with Crippen molar-refractivity contribution in [2.45, 2.75) is 51.0 Å². The molecule has 1 aliphatic carbocycles. The quantitative estimate of drug-likeness (QED) is 0.917. The number of rotatable bonds is 4. The molecule has 1 saturated carbocycles. The van der Waals surface area contributed by atoms with E-state index >= 15 is 0 Å². The van der Waals surface area contributed by atoms with E-state index in [2.05, 4.69) is 5.32 Å². The first-order valence-electron chi connectivity index (χ1n) is 7.42. The molecule has 1 amide bonds. The minimum Gasteiger partial charge on any atom is -0.484 e.